The van der Waals surface area contributed by atoms with E-state index in [0.717, 1.165) is 7.11 Å². The van der Waals surface area contributed by atoms with Crippen molar-refractivity contribution in [1.29, 1.82) is 0 Å². The number of hydrogen-bond donors (Lipinski definition) is 21. The molecular formula is C49H88N4O47S6. The van der Waals surface area contributed by atoms with E-state index in [-0.39, 0.29) is 55.3 Å². The molecule has 0 spiro atoms. The molecule has 8 rings (SSSR count). The molecule has 0 aromatic rings. The van der Waals surface area contributed by atoms with E-state index in [1.807, 2.05) is 0 Å². The first-order valence-electron chi connectivity index (χ1n) is 31.9. The summed E-state index contributed by atoms with van der Waals surface area (Å²) in [6, 6.07) is -5.89. The van der Waals surface area contributed by atoms with Crippen LogP contribution in [0.1, 0.15) is 53.4 Å². The van der Waals surface area contributed by atoms with E-state index in [2.05, 4.69) is 64.7 Å². The average Bonchev–Trinajstić information content (AvgIpc) is 0.795. The van der Waals surface area contributed by atoms with Gasteiger partial charge < -0.3 is 132 Å². The molecule has 36 atom stereocenters. The maximum absolute atomic E-state index is 12.1. The molecule has 8 aliphatic heterocycles. The highest BCUT2D eigenvalue weighted by Crippen LogP contribution is 2.40. The van der Waals surface area contributed by atoms with Crippen molar-refractivity contribution < 1.29 is 225 Å². The van der Waals surface area contributed by atoms with Gasteiger partial charge in [-0.25, -0.2) is 48.3 Å². The second-order valence-corrected chi connectivity index (χ2v) is 29.0. The van der Waals surface area contributed by atoms with Gasteiger partial charge in [0.25, 0.3) is 0 Å². The van der Waals surface area contributed by atoms with Crippen LogP contribution in [-0.2, 0) is 142 Å². The molecule has 12 unspecified atom stereocenters. The molecule has 8 heterocycles. The number of hydrogen-bond acceptors (Lipinski definition) is 53. The fraction of sp³-hybridized carbons (Fsp3) is 1.00. The van der Waals surface area contributed by atoms with Crippen LogP contribution in [0.5, 0.6) is 0 Å². The van der Waals surface area contributed by atoms with Crippen molar-refractivity contribution in [3.63, 3.8) is 0 Å². The summed E-state index contributed by atoms with van der Waals surface area (Å²) in [5.74, 6) is 0. The van der Waals surface area contributed by atoms with Crippen LogP contribution in [0.2, 0.25) is 0 Å². The zero-order valence-corrected chi connectivity index (χ0v) is 60.6. The Labute approximate surface area is 618 Å². The first-order valence-corrected chi connectivity index (χ1v) is 37.6. The quantitative estimate of drug-likeness (QED) is 0.00679. The van der Waals surface area contributed by atoms with Gasteiger partial charge in [0, 0.05) is 32.8 Å². The summed E-state index contributed by atoms with van der Waals surface area (Å²) in [4.78, 5) is 0. The lowest BCUT2D eigenvalue weighted by atomic mass is 9.95. The molecule has 0 amide bonds. The summed E-state index contributed by atoms with van der Waals surface area (Å²) >= 11 is 0.838. The molecule has 0 saturated carbocycles. The monoisotopic (exact) mass is 1680 g/mol. The van der Waals surface area contributed by atoms with Crippen LogP contribution in [0.25, 0.3) is 0 Å². The molecule has 0 bridgehead atoms. The lowest BCUT2D eigenvalue weighted by Crippen LogP contribution is -2.67. The molecule has 106 heavy (non-hydrogen) atoms. The highest BCUT2D eigenvalue weighted by Gasteiger charge is 2.57. The van der Waals surface area contributed by atoms with Crippen molar-refractivity contribution >= 4 is 69.7 Å². The molecule has 0 radical (unpaired) electrons. The van der Waals surface area contributed by atoms with Gasteiger partial charge >= 0.3 is 20.8 Å². The minimum atomic E-state index is -5.18. The maximum atomic E-state index is 12.1. The summed E-state index contributed by atoms with van der Waals surface area (Å²) in [5, 5.41) is 174. The highest BCUT2D eigenvalue weighted by atomic mass is 32.3. The number of ether oxygens (including phenoxy) is 16. The van der Waals surface area contributed by atoms with Gasteiger partial charge in [-0.3, -0.25) is 9.11 Å². The van der Waals surface area contributed by atoms with Crippen molar-refractivity contribution in [2.45, 2.75) is 274 Å². The molecule has 0 aliphatic carbocycles. The topological polar surface area (TPSA) is 700 Å². The van der Waals surface area contributed by atoms with Crippen LogP contribution in [0.4, 0.5) is 0 Å². The Hall–Kier alpha value is -0.580. The second kappa shape index (κ2) is 42.9. The van der Waals surface area contributed by atoms with Crippen molar-refractivity contribution in [3.8, 4) is 0 Å². The van der Waals surface area contributed by atoms with Crippen molar-refractivity contribution in [2.75, 3.05) is 33.5 Å². The summed E-state index contributed by atoms with van der Waals surface area (Å²) in [7, 11) is -9.09. The lowest BCUT2D eigenvalue weighted by Gasteiger charge is -2.49. The van der Waals surface area contributed by atoms with E-state index in [0.29, 0.717) is 0 Å². The van der Waals surface area contributed by atoms with Crippen LogP contribution >= 0.6 is 48.9 Å². The maximum Gasteiger partial charge on any atom is 0.397 e. The minimum Gasteiger partial charge on any atom is -0.394 e. The Kier molecular flexibility index (Phi) is 36.8. The summed E-state index contributed by atoms with van der Waals surface area (Å²) in [5.41, 5.74) is 0. The van der Waals surface area contributed by atoms with Crippen molar-refractivity contribution in [3.05, 3.63) is 0 Å². The number of rotatable bonds is 39. The Morgan fingerprint density at radius 2 is 0.623 bits per heavy atom. The number of aliphatic hydroxyl groups is 11. The normalized spacial score (nSPS) is 44.4. The largest absolute Gasteiger partial charge is 0.397 e. The van der Waals surface area contributed by atoms with Crippen molar-refractivity contribution in [1.82, 2.24) is 18.9 Å². The Bertz CT molecular complexity index is 2750. The van der Waals surface area contributed by atoms with Crippen LogP contribution in [-0.4, -0.2) is 358 Å². The Morgan fingerprint density at radius 3 is 0.887 bits per heavy atom. The van der Waals surface area contributed by atoms with E-state index in [1.165, 1.54) is 27.7 Å². The molecule has 8 saturated heterocycles. The van der Waals surface area contributed by atoms with E-state index in [1.54, 1.807) is 0 Å². The average molecular weight is 1680 g/mol. The van der Waals surface area contributed by atoms with Gasteiger partial charge in [-0.05, 0) is 27.7 Å². The van der Waals surface area contributed by atoms with E-state index < -0.39 is 287 Å². The standard InChI is InChI=1S/C49H88N4O47S6/c1-14-34(60)18(56)6-26(78-14)88-45-25(13-77-106(72,73)74)85-49(33(38(45)64)53-104-100-96-68)92-41-17(4)80-28(8-20(41)58)87-43-23(11-55)82-47(31(36(43)62)51-102-98-94-66)90-39-15(2)79-27(7-19(39)57)86-42-22(10-54)83-48(32(37(42)63)52-103-99-95-67)91-40-16(3)81-29(9-21(40)59)89-44-24(12-76-105(69,70)71)84-46(75-5)30(35(44)61)50-101-97-93-65/h14-68H,6-13H2,1-5H3,(H,69,70,71)(H,72,73,74)/t14?,15?,16?,17?,18-,19-,20-,21-,22?,23?,24?,25?,26-,27-,28-,29-,30?,31?,32?,33?,34+,35+,36+,37+,38+,39-,40-,41-,42+,43+,44+,45+,46-,47-,48-,49-/m0/s1. The number of aliphatic hydroxyl groups excluding tert-OH is 11. The lowest BCUT2D eigenvalue weighted by molar-refractivity contribution is -0.432. The first-order chi connectivity index (χ1) is 50.4. The molecule has 8 fully saturated rings. The molecule has 0 aromatic carbocycles. The van der Waals surface area contributed by atoms with E-state index in [4.69, 9.17) is 96.8 Å². The van der Waals surface area contributed by atoms with Gasteiger partial charge in [-0.1, -0.05) is 20.2 Å². The van der Waals surface area contributed by atoms with Crippen LogP contribution in [0.3, 0.4) is 0 Å². The van der Waals surface area contributed by atoms with Gasteiger partial charge in [0.15, 0.2) is 50.3 Å². The van der Waals surface area contributed by atoms with Crippen LogP contribution in [0, 0.1) is 0 Å². The van der Waals surface area contributed by atoms with Crippen LogP contribution in [0.15, 0.2) is 0 Å². The van der Waals surface area contributed by atoms with Crippen molar-refractivity contribution in [2.24, 2.45) is 0 Å². The third-order valence-corrected chi connectivity index (χ3v) is 20.6. The predicted octanol–water partition coefficient (Wildman–Crippen LogP) is -7.59. The Morgan fingerprint density at radius 1 is 0.358 bits per heavy atom. The molecule has 51 nitrogen and oxygen atoms in total. The van der Waals surface area contributed by atoms with Gasteiger partial charge in [-0.15, -0.1) is 17.3 Å². The number of methoxy groups -OCH3 is 1. The fourth-order valence-corrected chi connectivity index (χ4v) is 15.2. The van der Waals surface area contributed by atoms with Gasteiger partial charge in [0.2, 0.25) is 0 Å². The third-order valence-electron chi connectivity index (χ3n) is 17.8. The Balaban J connectivity index is 0.890. The van der Waals surface area contributed by atoms with E-state index in [9.17, 15) is 82.1 Å². The third kappa shape index (κ3) is 24.7. The summed E-state index contributed by atoms with van der Waals surface area (Å²) in [6.45, 7) is 1.83. The zero-order valence-electron chi connectivity index (χ0n) is 55.7. The first kappa shape index (κ1) is 91.0. The molecule has 57 heteroatoms. The molecule has 21 N–H and O–H groups in total. The summed E-state index contributed by atoms with van der Waals surface area (Å²) in [6.07, 6.45) is -50.4. The van der Waals surface area contributed by atoms with Crippen LogP contribution < -0.4 is 18.9 Å². The molecule has 0 aromatic heterocycles. The number of nitrogens with one attached hydrogen (secondary N) is 4. The van der Waals surface area contributed by atoms with Gasteiger partial charge in [0.1, 0.15) is 147 Å². The van der Waals surface area contributed by atoms with Gasteiger partial charge in [0.05, 0.1) is 99.4 Å². The predicted molar refractivity (Wildman–Crippen MR) is 332 cm³/mol. The van der Waals surface area contributed by atoms with E-state index >= 15 is 0 Å². The highest BCUT2D eigenvalue weighted by molar-refractivity contribution is 7.93. The smallest absolute Gasteiger partial charge is 0.394 e. The molecular weight excluding hydrogens is 1590 g/mol. The molecule has 8 aliphatic rings. The zero-order chi connectivity index (χ0) is 77.5. The fourth-order valence-electron chi connectivity index (χ4n) is 12.8. The molecule has 622 valence electrons. The SMILES string of the molecule is CO[C@H]1OC(COS(=O)(=O)O)[C@@H](O[C@H]2C[C@H](O)[C@@H](O[C@@H]3OC(CO)[C@@H](O[C@H]4C[C@H](O)[C@@H](O[C@@H]5OC(CO)[C@@H](O[C@H]6C[C@H](O)[C@@H](O[C@@H]7OC(COS(=O)(=O)O)[C@@H](O[C@H]8C[C@H](O)[C@H](O)C(C)O8)[C@H](O)C7NSOOO)C(C)O6)[C@H](O)C5NSOOO)C(C)O4)[C@H](O)C3NSOOO)C(C)O2)[C@H](O)C1NSOOO. The minimum absolute atomic E-state index is 0.178. The van der Waals surface area contributed by atoms with Gasteiger partial charge in [-0.2, -0.15) is 16.8 Å². The second-order valence-electron chi connectivity index (χ2n) is 24.6. The summed E-state index contributed by atoms with van der Waals surface area (Å²) < 4.78 is 198.